The van der Waals surface area contributed by atoms with Gasteiger partial charge >= 0.3 is 0 Å². The molecule has 0 unspecified atom stereocenters. The molecule has 0 fully saturated rings. The molecule has 1 amide bonds. The highest BCUT2D eigenvalue weighted by Gasteiger charge is 2.29. The molecule has 1 aliphatic rings. The van der Waals surface area contributed by atoms with E-state index in [9.17, 15) is 13.2 Å². The Morgan fingerprint density at radius 3 is 2.46 bits per heavy atom. The fourth-order valence-corrected chi connectivity index (χ4v) is 5.29. The van der Waals surface area contributed by atoms with Crippen molar-refractivity contribution in [3.05, 3.63) is 82.1 Å². The van der Waals surface area contributed by atoms with Gasteiger partial charge in [-0.2, -0.15) is 0 Å². The molecule has 4 rings (SSSR count). The van der Waals surface area contributed by atoms with Gasteiger partial charge in [-0.15, -0.1) is 0 Å². The maximum Gasteiger partial charge on any atom is 0.251 e. The van der Waals surface area contributed by atoms with Crippen LogP contribution in [0.15, 0.2) is 59.8 Å². The molecule has 0 radical (unpaired) electrons. The number of fused-ring (bicyclic) bond motifs is 1. The lowest BCUT2D eigenvalue weighted by Gasteiger charge is -2.37. The average Bonchev–Trinajstić information content (AvgIpc) is 2.86. The molecule has 7 nitrogen and oxygen atoms in total. The van der Waals surface area contributed by atoms with Crippen LogP contribution in [0, 0.1) is 5.92 Å². The number of anilines is 1. The summed E-state index contributed by atoms with van der Waals surface area (Å²) in [7, 11) is -3.24. The van der Waals surface area contributed by atoms with Crippen LogP contribution >= 0.6 is 11.6 Å². The number of nitrogens with zero attached hydrogens (tertiary/aromatic N) is 3. The zero-order valence-electron chi connectivity index (χ0n) is 20.0. The van der Waals surface area contributed by atoms with Gasteiger partial charge in [0.2, 0.25) is 5.95 Å². The quantitative estimate of drug-likeness (QED) is 0.497. The summed E-state index contributed by atoms with van der Waals surface area (Å²) < 4.78 is 24.0. The Balaban J connectivity index is 1.50. The molecule has 35 heavy (non-hydrogen) atoms. The van der Waals surface area contributed by atoms with E-state index in [0.717, 1.165) is 17.7 Å². The molecule has 0 bridgehead atoms. The smallest absolute Gasteiger partial charge is 0.251 e. The highest BCUT2D eigenvalue weighted by molar-refractivity contribution is 7.91. The molecule has 2 heterocycles. The minimum absolute atomic E-state index is 0.0562. The Morgan fingerprint density at radius 1 is 1.14 bits per heavy atom. The first kappa shape index (κ1) is 25.1. The van der Waals surface area contributed by atoms with Gasteiger partial charge in [0.05, 0.1) is 28.1 Å². The summed E-state index contributed by atoms with van der Waals surface area (Å²) in [6.07, 6.45) is 3.19. The van der Waals surface area contributed by atoms with E-state index < -0.39 is 9.84 Å². The average molecular weight is 513 g/mol. The summed E-state index contributed by atoms with van der Waals surface area (Å²) in [6.45, 7) is 7.71. The van der Waals surface area contributed by atoms with Gasteiger partial charge in [0.25, 0.3) is 5.91 Å². The molecule has 0 saturated carbocycles. The molecule has 0 spiro atoms. The van der Waals surface area contributed by atoms with Crippen LogP contribution in [0.1, 0.15) is 53.7 Å². The molecule has 1 atom stereocenters. The fraction of sp³-hybridized carbons (Fsp3) is 0.346. The number of sulfone groups is 1. The van der Waals surface area contributed by atoms with Crippen LogP contribution in [0.5, 0.6) is 0 Å². The first-order chi connectivity index (χ1) is 16.7. The second kappa shape index (κ2) is 10.3. The number of aromatic nitrogens is 2. The zero-order valence-corrected chi connectivity index (χ0v) is 21.6. The number of nitrogens with one attached hydrogen (secondary N) is 1. The molecule has 0 aliphatic carbocycles. The van der Waals surface area contributed by atoms with Gasteiger partial charge in [0.1, 0.15) is 0 Å². The van der Waals surface area contributed by atoms with Crippen molar-refractivity contribution in [1.29, 1.82) is 0 Å². The summed E-state index contributed by atoms with van der Waals surface area (Å²) >= 11 is 5.96. The van der Waals surface area contributed by atoms with Crippen molar-refractivity contribution in [2.24, 2.45) is 5.92 Å². The zero-order chi connectivity index (χ0) is 25.2. The molecule has 1 aromatic heterocycles. The van der Waals surface area contributed by atoms with E-state index in [-0.39, 0.29) is 17.6 Å². The van der Waals surface area contributed by atoms with Crippen molar-refractivity contribution in [2.75, 3.05) is 17.2 Å². The van der Waals surface area contributed by atoms with E-state index >= 15 is 0 Å². The molecule has 184 valence electrons. The first-order valence-electron chi connectivity index (χ1n) is 11.6. The van der Waals surface area contributed by atoms with Crippen molar-refractivity contribution in [2.45, 2.75) is 44.7 Å². The van der Waals surface area contributed by atoms with Crippen LogP contribution in [0.25, 0.3) is 0 Å². The second-order valence-corrected chi connectivity index (χ2v) is 11.8. The molecule has 3 aromatic rings. The van der Waals surface area contributed by atoms with Gasteiger partial charge in [-0.1, -0.05) is 50.6 Å². The minimum atomic E-state index is -3.24. The van der Waals surface area contributed by atoms with Gasteiger partial charge in [-0.25, -0.2) is 18.4 Å². The lowest BCUT2D eigenvalue weighted by molar-refractivity contribution is 0.0950. The van der Waals surface area contributed by atoms with Crippen LogP contribution in [-0.4, -0.2) is 36.6 Å². The number of hydrogen-bond donors (Lipinski definition) is 1. The molecule has 2 aromatic carbocycles. The number of benzene rings is 2. The van der Waals surface area contributed by atoms with Gasteiger partial charge < -0.3 is 10.2 Å². The van der Waals surface area contributed by atoms with Crippen molar-refractivity contribution in [3.63, 3.8) is 0 Å². The number of hydrogen-bond acceptors (Lipinski definition) is 6. The van der Waals surface area contributed by atoms with Gasteiger partial charge in [-0.05, 0) is 46.9 Å². The van der Waals surface area contributed by atoms with Crippen molar-refractivity contribution in [3.8, 4) is 0 Å². The van der Waals surface area contributed by atoms with E-state index in [4.69, 9.17) is 11.6 Å². The summed E-state index contributed by atoms with van der Waals surface area (Å²) in [5, 5.41) is 3.43. The number of amides is 1. The van der Waals surface area contributed by atoms with Gasteiger partial charge in [0, 0.05) is 31.1 Å². The Labute approximate surface area is 211 Å². The van der Waals surface area contributed by atoms with Crippen LogP contribution in [-0.2, 0) is 22.9 Å². The Bertz CT molecular complexity index is 1310. The number of halogens is 1. The Morgan fingerprint density at radius 2 is 1.83 bits per heavy atom. The second-order valence-electron chi connectivity index (χ2n) is 9.08. The Kier molecular flexibility index (Phi) is 7.42. The summed E-state index contributed by atoms with van der Waals surface area (Å²) in [6, 6.07) is 12.5. The first-order valence-corrected chi connectivity index (χ1v) is 13.7. The van der Waals surface area contributed by atoms with Gasteiger partial charge in [-0.3, -0.25) is 4.79 Å². The topological polar surface area (TPSA) is 92.3 Å². The molecule has 1 N–H and O–H groups in total. The lowest BCUT2D eigenvalue weighted by Crippen LogP contribution is -2.37. The monoisotopic (exact) mass is 512 g/mol. The molecule has 1 aliphatic heterocycles. The van der Waals surface area contributed by atoms with E-state index in [1.165, 1.54) is 5.56 Å². The minimum Gasteiger partial charge on any atom is -0.348 e. The van der Waals surface area contributed by atoms with Crippen molar-refractivity contribution in [1.82, 2.24) is 15.3 Å². The van der Waals surface area contributed by atoms with E-state index in [1.807, 2.05) is 12.1 Å². The summed E-state index contributed by atoms with van der Waals surface area (Å²) in [5.74, 6) is 1.19. The van der Waals surface area contributed by atoms with Crippen LogP contribution < -0.4 is 10.2 Å². The number of rotatable bonds is 7. The van der Waals surface area contributed by atoms with E-state index in [0.29, 0.717) is 40.4 Å². The fourth-order valence-electron chi connectivity index (χ4n) is 4.31. The van der Waals surface area contributed by atoms with Crippen LogP contribution in [0.3, 0.4) is 0 Å². The lowest BCUT2D eigenvalue weighted by atomic mass is 9.82. The third kappa shape index (κ3) is 5.65. The SMILES string of the molecule is CCS(=O)(=O)c1ccc(CNC(=O)c2ccc3c(c2)CN(c2ncc(Cl)cn2)C[C@H]3C(C)C)cc1. The molecule has 9 heteroatoms. The van der Waals surface area contributed by atoms with E-state index in [2.05, 4.69) is 40.1 Å². The third-order valence-electron chi connectivity index (χ3n) is 6.39. The number of carbonyl (C=O) groups is 1. The highest BCUT2D eigenvalue weighted by Crippen LogP contribution is 2.35. The highest BCUT2D eigenvalue weighted by atomic mass is 35.5. The molecular weight excluding hydrogens is 484 g/mol. The van der Waals surface area contributed by atoms with Crippen LogP contribution in [0.2, 0.25) is 5.02 Å². The molecular formula is C26H29ClN4O3S. The number of carbonyl (C=O) groups excluding carboxylic acids is 1. The van der Waals surface area contributed by atoms with Gasteiger partial charge in [0.15, 0.2) is 9.84 Å². The van der Waals surface area contributed by atoms with Crippen molar-refractivity contribution >= 4 is 33.3 Å². The maximum atomic E-state index is 12.9. The standard InChI is InChI=1S/C26H29ClN4O3S/c1-4-35(33,34)22-8-5-18(6-9-22)12-28-25(32)19-7-10-23-20(11-19)15-31(16-24(23)17(2)3)26-29-13-21(27)14-30-26/h5-11,13-14,17,24H,4,12,15-16H2,1-3H3,(H,28,32)/t24-/m0/s1. The largest absolute Gasteiger partial charge is 0.348 e. The Hall–Kier alpha value is -2.97. The third-order valence-corrected chi connectivity index (χ3v) is 8.34. The summed E-state index contributed by atoms with van der Waals surface area (Å²) in [4.78, 5) is 24.1. The predicted molar refractivity (Wildman–Crippen MR) is 137 cm³/mol. The van der Waals surface area contributed by atoms with Crippen LogP contribution in [0.4, 0.5) is 5.95 Å². The van der Waals surface area contributed by atoms with E-state index in [1.54, 1.807) is 43.6 Å². The van der Waals surface area contributed by atoms with Crippen molar-refractivity contribution < 1.29 is 13.2 Å². The summed E-state index contributed by atoms with van der Waals surface area (Å²) in [5.41, 5.74) is 3.73. The molecule has 0 saturated heterocycles. The predicted octanol–water partition coefficient (Wildman–Crippen LogP) is 4.61. The maximum absolute atomic E-state index is 12.9. The normalized spacial score (nSPS) is 15.7.